The Morgan fingerprint density at radius 3 is 2.80 bits per heavy atom. The average molecular weight is 292 g/mol. The summed E-state index contributed by atoms with van der Waals surface area (Å²) in [5.74, 6) is 1.19. The maximum Gasteiger partial charge on any atom is 0.238 e. The van der Waals surface area contributed by atoms with E-state index in [2.05, 4.69) is 29.1 Å². The predicted octanol–water partition coefficient (Wildman–Crippen LogP) is 3.73. The van der Waals surface area contributed by atoms with Gasteiger partial charge in [-0.05, 0) is 30.7 Å². The number of aryl methyl sites for hydroxylation is 1. The van der Waals surface area contributed by atoms with Gasteiger partial charge >= 0.3 is 0 Å². The SMILES string of the molecule is Cc1cc(Oc2cncc(CNC(C)C)n2)ccc1Cl. The zero-order chi connectivity index (χ0) is 14.5. The van der Waals surface area contributed by atoms with Crippen LogP contribution in [-0.2, 0) is 6.54 Å². The molecule has 0 unspecified atom stereocenters. The van der Waals surface area contributed by atoms with Crippen LogP contribution in [0.3, 0.4) is 0 Å². The lowest BCUT2D eigenvalue weighted by Crippen LogP contribution is -2.22. The van der Waals surface area contributed by atoms with Gasteiger partial charge in [0.15, 0.2) is 0 Å². The first-order chi connectivity index (χ1) is 9.54. The van der Waals surface area contributed by atoms with Crippen LogP contribution in [0.15, 0.2) is 30.6 Å². The van der Waals surface area contributed by atoms with Gasteiger partial charge in [-0.1, -0.05) is 25.4 Å². The van der Waals surface area contributed by atoms with E-state index < -0.39 is 0 Å². The number of halogens is 1. The summed E-state index contributed by atoms with van der Waals surface area (Å²) in [4.78, 5) is 8.56. The van der Waals surface area contributed by atoms with Crippen molar-refractivity contribution in [3.05, 3.63) is 46.9 Å². The van der Waals surface area contributed by atoms with E-state index in [1.165, 1.54) is 0 Å². The summed E-state index contributed by atoms with van der Waals surface area (Å²) in [7, 11) is 0. The number of hydrogen-bond donors (Lipinski definition) is 1. The molecule has 1 heterocycles. The minimum Gasteiger partial charge on any atom is -0.437 e. The molecule has 106 valence electrons. The molecule has 0 atom stereocenters. The number of nitrogens with zero attached hydrogens (tertiary/aromatic N) is 2. The number of benzene rings is 1. The molecule has 2 aromatic rings. The highest BCUT2D eigenvalue weighted by atomic mass is 35.5. The van der Waals surface area contributed by atoms with Crippen molar-refractivity contribution in [2.75, 3.05) is 0 Å². The molecule has 5 heteroatoms. The minimum absolute atomic E-state index is 0.403. The van der Waals surface area contributed by atoms with Gasteiger partial charge in [-0.15, -0.1) is 0 Å². The van der Waals surface area contributed by atoms with Crippen LogP contribution in [0.4, 0.5) is 0 Å². The lowest BCUT2D eigenvalue weighted by atomic mass is 10.2. The van der Waals surface area contributed by atoms with E-state index in [-0.39, 0.29) is 0 Å². The Balaban J connectivity index is 2.08. The summed E-state index contributed by atoms with van der Waals surface area (Å²) >= 11 is 5.99. The monoisotopic (exact) mass is 291 g/mol. The summed E-state index contributed by atoms with van der Waals surface area (Å²) in [6.07, 6.45) is 3.33. The van der Waals surface area contributed by atoms with Crippen LogP contribution < -0.4 is 10.1 Å². The second-order valence-corrected chi connectivity index (χ2v) is 5.30. The van der Waals surface area contributed by atoms with Gasteiger partial charge in [-0.2, -0.15) is 0 Å². The Hall–Kier alpha value is -1.65. The van der Waals surface area contributed by atoms with E-state index in [0.717, 1.165) is 16.3 Å². The van der Waals surface area contributed by atoms with E-state index in [4.69, 9.17) is 16.3 Å². The Bertz CT molecular complexity index is 587. The molecule has 0 aliphatic carbocycles. The van der Waals surface area contributed by atoms with E-state index >= 15 is 0 Å². The average Bonchev–Trinajstić information content (AvgIpc) is 2.41. The summed E-state index contributed by atoms with van der Waals surface area (Å²) in [5.41, 5.74) is 1.82. The summed E-state index contributed by atoms with van der Waals surface area (Å²) in [5, 5.41) is 4.01. The highest BCUT2D eigenvalue weighted by Gasteiger charge is 2.04. The van der Waals surface area contributed by atoms with Crippen molar-refractivity contribution in [1.82, 2.24) is 15.3 Å². The second kappa shape index (κ2) is 6.68. The van der Waals surface area contributed by atoms with E-state index in [9.17, 15) is 0 Å². The van der Waals surface area contributed by atoms with Gasteiger partial charge in [0, 0.05) is 23.8 Å². The normalized spacial score (nSPS) is 10.8. The van der Waals surface area contributed by atoms with Crippen molar-refractivity contribution < 1.29 is 4.74 Å². The molecular formula is C15H18ClN3O. The Morgan fingerprint density at radius 2 is 2.10 bits per heavy atom. The fourth-order valence-electron chi connectivity index (χ4n) is 1.63. The third kappa shape index (κ3) is 4.18. The van der Waals surface area contributed by atoms with Gasteiger partial charge in [0.1, 0.15) is 5.75 Å². The number of aromatic nitrogens is 2. The van der Waals surface area contributed by atoms with Crippen molar-refractivity contribution in [1.29, 1.82) is 0 Å². The predicted molar refractivity (Wildman–Crippen MR) is 80.3 cm³/mol. The molecule has 1 N–H and O–H groups in total. The molecule has 0 aliphatic heterocycles. The maximum atomic E-state index is 5.99. The molecule has 0 fully saturated rings. The quantitative estimate of drug-likeness (QED) is 0.912. The van der Waals surface area contributed by atoms with Crippen LogP contribution in [0.1, 0.15) is 25.1 Å². The van der Waals surface area contributed by atoms with Crippen LogP contribution in [0.25, 0.3) is 0 Å². The first kappa shape index (κ1) is 14.8. The van der Waals surface area contributed by atoms with Crippen molar-refractivity contribution >= 4 is 11.6 Å². The van der Waals surface area contributed by atoms with Gasteiger partial charge in [0.2, 0.25) is 5.88 Å². The number of nitrogens with one attached hydrogen (secondary N) is 1. The smallest absolute Gasteiger partial charge is 0.238 e. The zero-order valence-corrected chi connectivity index (χ0v) is 12.6. The molecule has 20 heavy (non-hydrogen) atoms. The summed E-state index contributed by atoms with van der Waals surface area (Å²) in [6.45, 7) is 6.78. The Kier molecular flexibility index (Phi) is 4.93. The molecular weight excluding hydrogens is 274 g/mol. The van der Waals surface area contributed by atoms with Crippen molar-refractivity contribution in [3.8, 4) is 11.6 Å². The molecule has 1 aromatic carbocycles. The van der Waals surface area contributed by atoms with E-state index in [1.54, 1.807) is 12.4 Å². The Morgan fingerprint density at radius 1 is 1.30 bits per heavy atom. The molecule has 0 aliphatic rings. The molecule has 0 bridgehead atoms. The lowest BCUT2D eigenvalue weighted by molar-refractivity contribution is 0.454. The molecule has 1 aromatic heterocycles. The van der Waals surface area contributed by atoms with Crippen LogP contribution in [0.5, 0.6) is 11.6 Å². The van der Waals surface area contributed by atoms with Crippen molar-refractivity contribution in [2.24, 2.45) is 0 Å². The highest BCUT2D eigenvalue weighted by molar-refractivity contribution is 6.31. The largest absolute Gasteiger partial charge is 0.437 e. The minimum atomic E-state index is 0.403. The highest BCUT2D eigenvalue weighted by Crippen LogP contribution is 2.24. The molecule has 2 rings (SSSR count). The third-order valence-corrected chi connectivity index (χ3v) is 3.13. The zero-order valence-electron chi connectivity index (χ0n) is 11.9. The van der Waals surface area contributed by atoms with Gasteiger partial charge in [-0.3, -0.25) is 4.98 Å². The van der Waals surface area contributed by atoms with E-state index in [1.807, 2.05) is 25.1 Å². The topological polar surface area (TPSA) is 47.0 Å². The standard InChI is InChI=1S/C15H18ClN3O/c1-10(2)18-8-12-7-17-9-15(19-12)20-13-4-5-14(16)11(3)6-13/h4-7,9-10,18H,8H2,1-3H3. The summed E-state index contributed by atoms with van der Waals surface area (Å²) in [6, 6.07) is 5.91. The van der Waals surface area contributed by atoms with Gasteiger partial charge in [0.25, 0.3) is 0 Å². The first-order valence-corrected chi connectivity index (χ1v) is 6.90. The van der Waals surface area contributed by atoms with Crippen molar-refractivity contribution in [3.63, 3.8) is 0 Å². The van der Waals surface area contributed by atoms with Crippen LogP contribution in [0.2, 0.25) is 5.02 Å². The van der Waals surface area contributed by atoms with Gasteiger partial charge in [-0.25, -0.2) is 4.98 Å². The van der Waals surface area contributed by atoms with Crippen LogP contribution in [-0.4, -0.2) is 16.0 Å². The van der Waals surface area contributed by atoms with Crippen molar-refractivity contribution in [2.45, 2.75) is 33.4 Å². The maximum absolute atomic E-state index is 5.99. The second-order valence-electron chi connectivity index (χ2n) is 4.90. The fourth-order valence-corrected chi connectivity index (χ4v) is 1.75. The number of ether oxygens (including phenoxy) is 1. The number of rotatable bonds is 5. The number of hydrogen-bond acceptors (Lipinski definition) is 4. The van der Waals surface area contributed by atoms with Crippen LogP contribution >= 0.6 is 11.6 Å². The van der Waals surface area contributed by atoms with Crippen LogP contribution in [0, 0.1) is 6.92 Å². The fraction of sp³-hybridized carbons (Fsp3) is 0.333. The lowest BCUT2D eigenvalue weighted by Gasteiger charge is -2.09. The molecule has 0 saturated carbocycles. The molecule has 0 saturated heterocycles. The molecule has 4 nitrogen and oxygen atoms in total. The van der Waals surface area contributed by atoms with Gasteiger partial charge in [0.05, 0.1) is 11.9 Å². The van der Waals surface area contributed by atoms with Gasteiger partial charge < -0.3 is 10.1 Å². The van der Waals surface area contributed by atoms with E-state index in [0.29, 0.717) is 24.2 Å². The first-order valence-electron chi connectivity index (χ1n) is 6.53. The molecule has 0 spiro atoms. The third-order valence-electron chi connectivity index (χ3n) is 2.71. The molecule has 0 radical (unpaired) electrons. The Labute approximate surface area is 124 Å². The molecule has 0 amide bonds. The summed E-state index contributed by atoms with van der Waals surface area (Å²) < 4.78 is 5.70.